The number of ether oxygens (including phenoxy) is 2. The predicted molar refractivity (Wildman–Crippen MR) is 147 cm³/mol. The molecule has 4 rings (SSSR count). The predicted octanol–water partition coefficient (Wildman–Crippen LogP) is 4.44. The van der Waals surface area contributed by atoms with Gasteiger partial charge in [0, 0.05) is 35.4 Å². The second kappa shape index (κ2) is 11.9. The van der Waals surface area contributed by atoms with E-state index in [4.69, 9.17) is 4.74 Å². The van der Waals surface area contributed by atoms with Crippen molar-refractivity contribution in [3.8, 4) is 5.75 Å². The van der Waals surface area contributed by atoms with E-state index in [1.807, 2.05) is 36.1 Å². The lowest BCUT2D eigenvalue weighted by atomic mass is 9.89. The third-order valence-electron chi connectivity index (χ3n) is 7.79. The number of H-pyrrole nitrogens is 1. The number of carbonyl (C=O) groups excluding carboxylic acids is 1. The van der Waals surface area contributed by atoms with Crippen LogP contribution in [-0.2, 0) is 11.3 Å². The van der Waals surface area contributed by atoms with E-state index in [2.05, 4.69) is 26.5 Å². The Morgan fingerprint density at radius 1 is 1.21 bits per heavy atom. The summed E-state index contributed by atoms with van der Waals surface area (Å²) in [7, 11) is 2.79. The summed E-state index contributed by atoms with van der Waals surface area (Å²) in [6, 6.07) is 9.58. The Labute approximate surface area is 227 Å². The molecule has 1 amide bonds. The van der Waals surface area contributed by atoms with Crippen LogP contribution < -0.4 is 15.6 Å². The van der Waals surface area contributed by atoms with Gasteiger partial charge in [-0.1, -0.05) is 18.2 Å². The first-order valence-electron chi connectivity index (χ1n) is 13.3. The van der Waals surface area contributed by atoms with Gasteiger partial charge in [0.2, 0.25) is 0 Å². The van der Waals surface area contributed by atoms with Gasteiger partial charge >= 0.3 is 0 Å². The van der Waals surface area contributed by atoms with Gasteiger partial charge < -0.3 is 24.3 Å². The van der Waals surface area contributed by atoms with Crippen molar-refractivity contribution in [3.05, 3.63) is 63.2 Å². The highest BCUT2D eigenvalue weighted by atomic mass is 19.3. The SMILES string of the molecule is COCC(F)(F)CN1CCC(C(C)n2c(C)c(C(=O)NCc3c(OC)cc(C)[nH]c3=O)c3ccccc32)CC1. The van der Waals surface area contributed by atoms with Crippen molar-refractivity contribution in [2.45, 2.75) is 52.1 Å². The highest BCUT2D eigenvalue weighted by Crippen LogP contribution is 2.36. The van der Waals surface area contributed by atoms with Crippen molar-refractivity contribution >= 4 is 16.8 Å². The quantitative estimate of drug-likeness (QED) is 0.394. The first kappa shape index (κ1) is 28.8. The van der Waals surface area contributed by atoms with E-state index in [0.717, 1.165) is 29.4 Å². The van der Waals surface area contributed by atoms with E-state index in [9.17, 15) is 18.4 Å². The van der Waals surface area contributed by atoms with Gasteiger partial charge in [-0.3, -0.25) is 14.5 Å². The Morgan fingerprint density at radius 3 is 2.56 bits per heavy atom. The van der Waals surface area contributed by atoms with Crippen molar-refractivity contribution < 1.29 is 23.0 Å². The Balaban J connectivity index is 1.54. The standard InChI is InChI=1S/C29H38F2N4O4/c1-18-14-25(39-5)23(27(36)33-18)15-32-28(37)26-20(3)35(24-9-7-6-8-22(24)26)19(2)21-10-12-34(13-11-21)16-29(30,31)17-38-4/h6-9,14,19,21H,10-13,15-17H2,1-5H3,(H,32,37)(H,33,36). The van der Waals surface area contributed by atoms with E-state index in [1.54, 1.807) is 13.0 Å². The Morgan fingerprint density at radius 2 is 1.90 bits per heavy atom. The fourth-order valence-corrected chi connectivity index (χ4v) is 5.88. The van der Waals surface area contributed by atoms with Gasteiger partial charge in [0.1, 0.15) is 12.4 Å². The average molecular weight is 545 g/mol. The molecule has 1 aliphatic heterocycles. The smallest absolute Gasteiger partial charge is 0.283 e. The minimum atomic E-state index is -2.86. The highest BCUT2D eigenvalue weighted by Gasteiger charge is 2.35. The molecule has 0 aliphatic carbocycles. The molecular weight excluding hydrogens is 506 g/mol. The minimum absolute atomic E-state index is 0.0261. The number of aryl methyl sites for hydroxylation is 1. The molecule has 0 saturated carbocycles. The van der Waals surface area contributed by atoms with Crippen LogP contribution in [0.25, 0.3) is 10.9 Å². The topological polar surface area (TPSA) is 88.6 Å². The average Bonchev–Trinajstić information content (AvgIpc) is 3.19. The number of piperidine rings is 1. The number of aromatic nitrogens is 2. The summed E-state index contributed by atoms with van der Waals surface area (Å²) in [5, 5.41) is 3.75. The molecule has 1 aromatic carbocycles. The number of rotatable bonds is 10. The number of likely N-dealkylation sites (tertiary alicyclic amines) is 1. The number of nitrogens with one attached hydrogen (secondary N) is 2. The monoisotopic (exact) mass is 544 g/mol. The molecule has 2 N–H and O–H groups in total. The van der Waals surface area contributed by atoms with Gasteiger partial charge in [0.25, 0.3) is 17.4 Å². The number of alkyl halides is 2. The number of hydrogen-bond acceptors (Lipinski definition) is 5. The van der Waals surface area contributed by atoms with E-state index in [-0.39, 0.29) is 36.5 Å². The van der Waals surface area contributed by atoms with Crippen molar-refractivity contribution in [3.63, 3.8) is 0 Å². The number of aromatic amines is 1. The molecule has 1 aliphatic rings. The van der Waals surface area contributed by atoms with E-state index in [0.29, 0.717) is 35.7 Å². The number of pyridine rings is 1. The van der Waals surface area contributed by atoms with Crippen LogP contribution in [0.5, 0.6) is 5.75 Å². The Kier molecular flexibility index (Phi) is 8.76. The number of carbonyl (C=O) groups is 1. The number of nitrogens with zero attached hydrogens (tertiary/aromatic N) is 2. The van der Waals surface area contributed by atoms with Crippen LogP contribution in [-0.4, -0.2) is 66.7 Å². The van der Waals surface area contributed by atoms with Crippen LogP contribution in [0, 0.1) is 19.8 Å². The summed E-state index contributed by atoms with van der Waals surface area (Å²) in [5.41, 5.74) is 3.08. The van der Waals surface area contributed by atoms with Crippen LogP contribution in [0.1, 0.15) is 53.1 Å². The van der Waals surface area contributed by atoms with Crippen LogP contribution in [0.15, 0.2) is 35.1 Å². The first-order chi connectivity index (χ1) is 18.6. The summed E-state index contributed by atoms with van der Waals surface area (Å²) in [6.45, 7) is 6.17. The van der Waals surface area contributed by atoms with Gasteiger partial charge in [0.15, 0.2) is 0 Å². The summed E-state index contributed by atoms with van der Waals surface area (Å²) >= 11 is 0. The van der Waals surface area contributed by atoms with Crippen molar-refractivity contribution in [1.82, 2.24) is 19.8 Å². The van der Waals surface area contributed by atoms with Crippen LogP contribution in [0.2, 0.25) is 0 Å². The lowest BCUT2D eigenvalue weighted by molar-refractivity contribution is -0.0884. The molecule has 8 nitrogen and oxygen atoms in total. The molecule has 1 atom stereocenters. The lowest BCUT2D eigenvalue weighted by Crippen LogP contribution is -2.44. The Hall–Kier alpha value is -3.24. The van der Waals surface area contributed by atoms with Gasteiger partial charge in [-0.2, -0.15) is 0 Å². The Bertz CT molecular complexity index is 1380. The largest absolute Gasteiger partial charge is 0.496 e. The summed E-state index contributed by atoms with van der Waals surface area (Å²) in [5.74, 6) is -2.43. The molecule has 0 spiro atoms. The van der Waals surface area contributed by atoms with Crippen molar-refractivity contribution in [1.29, 1.82) is 0 Å². The molecule has 1 saturated heterocycles. The number of fused-ring (bicyclic) bond motifs is 1. The second-order valence-corrected chi connectivity index (χ2v) is 10.5. The summed E-state index contributed by atoms with van der Waals surface area (Å²) in [4.78, 5) is 30.6. The van der Waals surface area contributed by atoms with Gasteiger partial charge in [-0.05, 0) is 64.8 Å². The highest BCUT2D eigenvalue weighted by molar-refractivity contribution is 6.08. The minimum Gasteiger partial charge on any atom is -0.496 e. The van der Waals surface area contributed by atoms with E-state index >= 15 is 0 Å². The normalized spacial score (nSPS) is 16.0. The molecule has 0 bridgehead atoms. The third kappa shape index (κ3) is 6.17. The van der Waals surface area contributed by atoms with Gasteiger partial charge in [0.05, 0.1) is 31.3 Å². The zero-order valence-corrected chi connectivity index (χ0v) is 23.3. The summed E-state index contributed by atoms with van der Waals surface area (Å²) < 4.78 is 40.3. The summed E-state index contributed by atoms with van der Waals surface area (Å²) in [6.07, 6.45) is 1.57. The van der Waals surface area contributed by atoms with Crippen molar-refractivity contribution in [2.24, 2.45) is 5.92 Å². The molecule has 3 heterocycles. The molecule has 1 unspecified atom stereocenters. The zero-order chi connectivity index (χ0) is 28.3. The maximum Gasteiger partial charge on any atom is 0.283 e. The van der Waals surface area contributed by atoms with Crippen LogP contribution >= 0.6 is 0 Å². The molecule has 3 aromatic rings. The number of hydrogen-bond donors (Lipinski definition) is 2. The number of benzene rings is 1. The van der Waals surface area contributed by atoms with E-state index in [1.165, 1.54) is 14.2 Å². The fraction of sp³-hybridized carbons (Fsp3) is 0.517. The maximum absolute atomic E-state index is 14.1. The number of halogens is 2. The van der Waals surface area contributed by atoms with Gasteiger partial charge in [-0.25, -0.2) is 8.78 Å². The van der Waals surface area contributed by atoms with Gasteiger partial charge in [-0.15, -0.1) is 0 Å². The maximum atomic E-state index is 14.1. The zero-order valence-electron chi connectivity index (χ0n) is 23.3. The number of para-hydroxylation sites is 1. The lowest BCUT2D eigenvalue weighted by Gasteiger charge is -2.37. The fourth-order valence-electron chi connectivity index (χ4n) is 5.88. The second-order valence-electron chi connectivity index (χ2n) is 10.5. The number of methoxy groups -OCH3 is 2. The molecular formula is C29H38F2N4O4. The molecule has 1 fully saturated rings. The molecule has 39 heavy (non-hydrogen) atoms. The van der Waals surface area contributed by atoms with Crippen LogP contribution in [0.4, 0.5) is 8.78 Å². The molecule has 10 heteroatoms. The molecule has 0 radical (unpaired) electrons. The first-order valence-corrected chi connectivity index (χ1v) is 13.3. The number of amides is 1. The van der Waals surface area contributed by atoms with Crippen LogP contribution in [0.3, 0.4) is 0 Å². The molecule has 2 aromatic heterocycles. The van der Waals surface area contributed by atoms with Crippen molar-refractivity contribution in [2.75, 3.05) is 40.5 Å². The third-order valence-corrected chi connectivity index (χ3v) is 7.79. The van der Waals surface area contributed by atoms with E-state index < -0.39 is 12.5 Å². The molecule has 212 valence electrons.